The van der Waals surface area contributed by atoms with Crippen LogP contribution in [0.1, 0.15) is 37.2 Å². The van der Waals surface area contributed by atoms with Crippen LogP contribution in [-0.2, 0) is 4.79 Å². The molecule has 1 unspecified atom stereocenters. The number of amides is 1. The molecule has 1 N–H and O–H groups in total. The van der Waals surface area contributed by atoms with Crippen molar-refractivity contribution in [2.45, 2.75) is 36.5 Å². The van der Waals surface area contributed by atoms with Crippen LogP contribution >= 0.6 is 24.2 Å². The Morgan fingerprint density at radius 1 is 1.26 bits per heavy atom. The Labute approximate surface area is 150 Å². The van der Waals surface area contributed by atoms with E-state index in [9.17, 15) is 4.79 Å². The van der Waals surface area contributed by atoms with E-state index >= 15 is 0 Å². The van der Waals surface area contributed by atoms with Crippen molar-refractivity contribution in [3.8, 4) is 0 Å². The fourth-order valence-electron chi connectivity index (χ4n) is 3.61. The number of carbonyl (C=O) groups excluding carboxylic acids is 1. The zero-order valence-corrected chi connectivity index (χ0v) is 15.4. The van der Waals surface area contributed by atoms with Crippen LogP contribution in [0.2, 0.25) is 0 Å². The van der Waals surface area contributed by atoms with Crippen LogP contribution in [0.15, 0.2) is 29.2 Å². The van der Waals surface area contributed by atoms with Crippen molar-refractivity contribution in [2.24, 2.45) is 5.92 Å². The number of hydrogen-bond acceptors (Lipinski definition) is 3. The summed E-state index contributed by atoms with van der Waals surface area (Å²) in [6.45, 7) is 2.98. The Morgan fingerprint density at radius 3 is 2.74 bits per heavy atom. The summed E-state index contributed by atoms with van der Waals surface area (Å²) in [7, 11) is 2.01. The van der Waals surface area contributed by atoms with Crippen molar-refractivity contribution >= 4 is 30.1 Å². The van der Waals surface area contributed by atoms with Crippen LogP contribution in [0.4, 0.5) is 0 Å². The van der Waals surface area contributed by atoms with Gasteiger partial charge in [0.2, 0.25) is 5.91 Å². The molecule has 5 heteroatoms. The lowest BCUT2D eigenvalue weighted by atomic mass is 9.90. The maximum atomic E-state index is 12.9. The van der Waals surface area contributed by atoms with Gasteiger partial charge in [-0.15, -0.1) is 24.2 Å². The van der Waals surface area contributed by atoms with Crippen molar-refractivity contribution in [3.05, 3.63) is 29.8 Å². The van der Waals surface area contributed by atoms with Crippen LogP contribution in [0, 0.1) is 5.92 Å². The molecule has 1 aromatic rings. The third kappa shape index (κ3) is 4.43. The van der Waals surface area contributed by atoms with Gasteiger partial charge >= 0.3 is 0 Å². The summed E-state index contributed by atoms with van der Waals surface area (Å²) in [5.41, 5.74) is 1.25. The largest absolute Gasteiger partial charge is 0.342 e. The third-order valence-corrected chi connectivity index (χ3v) is 6.11. The molecule has 2 aliphatic heterocycles. The van der Waals surface area contributed by atoms with Gasteiger partial charge in [0.25, 0.3) is 0 Å². The first-order valence-corrected chi connectivity index (χ1v) is 9.43. The SMILES string of the molecule is CNCCC1CCN(C(=O)C2CCSc3ccccc32)CC1.Cl. The molecule has 23 heavy (non-hydrogen) atoms. The molecule has 3 rings (SSSR count). The molecule has 128 valence electrons. The minimum absolute atomic E-state index is 0. The molecule has 0 aromatic heterocycles. The van der Waals surface area contributed by atoms with Gasteiger partial charge in [0, 0.05) is 18.0 Å². The van der Waals surface area contributed by atoms with Gasteiger partial charge in [-0.25, -0.2) is 0 Å². The molecule has 1 amide bonds. The Hall–Kier alpha value is -0.710. The number of piperidine rings is 1. The zero-order chi connectivity index (χ0) is 15.4. The predicted octanol–water partition coefficient (Wildman–Crippen LogP) is 3.54. The van der Waals surface area contributed by atoms with Crippen molar-refractivity contribution in [1.29, 1.82) is 0 Å². The molecular weight excluding hydrogens is 328 g/mol. The smallest absolute Gasteiger partial charge is 0.230 e. The Bertz CT molecular complexity index is 517. The summed E-state index contributed by atoms with van der Waals surface area (Å²) in [5, 5.41) is 3.23. The fraction of sp³-hybridized carbons (Fsp3) is 0.611. The molecule has 3 nitrogen and oxygen atoms in total. The van der Waals surface area contributed by atoms with E-state index in [0.29, 0.717) is 5.91 Å². The molecule has 1 aromatic carbocycles. The molecule has 0 radical (unpaired) electrons. The minimum atomic E-state index is 0. The van der Waals surface area contributed by atoms with Crippen molar-refractivity contribution in [2.75, 3.05) is 32.4 Å². The molecule has 1 saturated heterocycles. The highest BCUT2D eigenvalue weighted by Gasteiger charge is 2.32. The molecule has 2 heterocycles. The number of carbonyl (C=O) groups is 1. The van der Waals surface area contributed by atoms with Gasteiger partial charge in [0.15, 0.2) is 0 Å². The number of rotatable bonds is 4. The van der Waals surface area contributed by atoms with Crippen LogP contribution in [0.5, 0.6) is 0 Å². The van der Waals surface area contributed by atoms with Gasteiger partial charge in [0.05, 0.1) is 5.92 Å². The van der Waals surface area contributed by atoms with E-state index < -0.39 is 0 Å². The van der Waals surface area contributed by atoms with Crippen LogP contribution in [0.25, 0.3) is 0 Å². The third-order valence-electron chi connectivity index (χ3n) is 4.99. The van der Waals surface area contributed by atoms with Gasteiger partial charge in [0.1, 0.15) is 0 Å². The van der Waals surface area contributed by atoms with E-state index in [-0.39, 0.29) is 18.3 Å². The summed E-state index contributed by atoms with van der Waals surface area (Å²) in [6.07, 6.45) is 4.55. The molecule has 1 atom stereocenters. The van der Waals surface area contributed by atoms with E-state index in [1.165, 1.54) is 16.9 Å². The normalized spacial score (nSPS) is 21.4. The van der Waals surface area contributed by atoms with Crippen LogP contribution in [-0.4, -0.2) is 43.2 Å². The minimum Gasteiger partial charge on any atom is -0.342 e. The second kappa shape index (κ2) is 8.95. The molecule has 0 saturated carbocycles. The number of halogens is 1. The first-order valence-electron chi connectivity index (χ1n) is 8.44. The lowest BCUT2D eigenvalue weighted by Gasteiger charge is -2.35. The highest BCUT2D eigenvalue weighted by molar-refractivity contribution is 7.99. The molecule has 1 fully saturated rings. The van der Waals surface area contributed by atoms with Gasteiger partial charge < -0.3 is 10.2 Å². The van der Waals surface area contributed by atoms with Crippen LogP contribution < -0.4 is 5.32 Å². The number of nitrogens with zero attached hydrogens (tertiary/aromatic N) is 1. The van der Waals surface area contributed by atoms with E-state index in [1.807, 2.05) is 18.8 Å². The number of hydrogen-bond donors (Lipinski definition) is 1. The topological polar surface area (TPSA) is 32.3 Å². The number of benzene rings is 1. The highest BCUT2D eigenvalue weighted by Crippen LogP contribution is 2.38. The van der Waals surface area contributed by atoms with E-state index in [4.69, 9.17) is 0 Å². The fourth-order valence-corrected chi connectivity index (χ4v) is 4.73. The van der Waals surface area contributed by atoms with Crippen molar-refractivity contribution < 1.29 is 4.79 Å². The van der Waals surface area contributed by atoms with Gasteiger partial charge in [-0.3, -0.25) is 4.79 Å². The zero-order valence-electron chi connectivity index (χ0n) is 13.8. The average Bonchev–Trinajstić information content (AvgIpc) is 2.59. The standard InChI is InChI=1S/C18H26N2OS.ClH/c1-19-10-6-14-7-11-20(12-8-14)18(21)16-9-13-22-17-5-3-2-4-15(16)17;/h2-5,14,16,19H,6-13H2,1H3;1H. The van der Waals surface area contributed by atoms with Gasteiger partial charge in [-0.1, -0.05) is 18.2 Å². The second-order valence-corrected chi connectivity index (χ2v) is 7.53. The number of nitrogens with one attached hydrogen (secondary N) is 1. The highest BCUT2D eigenvalue weighted by atomic mass is 35.5. The monoisotopic (exact) mass is 354 g/mol. The summed E-state index contributed by atoms with van der Waals surface area (Å²) >= 11 is 1.89. The Kier molecular flexibility index (Phi) is 7.25. The van der Waals surface area contributed by atoms with Crippen LogP contribution in [0.3, 0.4) is 0 Å². The maximum absolute atomic E-state index is 12.9. The van der Waals surface area contributed by atoms with Gasteiger partial charge in [-0.05, 0) is 62.6 Å². The van der Waals surface area contributed by atoms with Gasteiger partial charge in [-0.2, -0.15) is 0 Å². The lowest BCUT2D eigenvalue weighted by molar-refractivity contribution is -0.134. The van der Waals surface area contributed by atoms with E-state index in [0.717, 1.165) is 50.6 Å². The maximum Gasteiger partial charge on any atom is 0.230 e. The molecule has 0 aliphatic carbocycles. The molecule has 0 spiro atoms. The number of likely N-dealkylation sites (tertiary alicyclic amines) is 1. The quantitative estimate of drug-likeness (QED) is 0.897. The molecule has 2 aliphatic rings. The molecular formula is C18H27ClN2OS. The Balaban J connectivity index is 0.00000192. The first kappa shape index (κ1) is 18.6. The summed E-state index contributed by atoms with van der Waals surface area (Å²) in [4.78, 5) is 16.4. The van der Waals surface area contributed by atoms with Crippen molar-refractivity contribution in [1.82, 2.24) is 10.2 Å². The lowest BCUT2D eigenvalue weighted by Crippen LogP contribution is -2.42. The number of thioether (sulfide) groups is 1. The average molecular weight is 355 g/mol. The van der Waals surface area contributed by atoms with E-state index in [1.54, 1.807) is 0 Å². The predicted molar refractivity (Wildman–Crippen MR) is 99.6 cm³/mol. The Morgan fingerprint density at radius 2 is 2.00 bits per heavy atom. The molecule has 0 bridgehead atoms. The first-order chi connectivity index (χ1) is 10.8. The van der Waals surface area contributed by atoms with Crippen molar-refractivity contribution in [3.63, 3.8) is 0 Å². The second-order valence-electron chi connectivity index (χ2n) is 6.39. The summed E-state index contributed by atoms with van der Waals surface area (Å²) in [5.74, 6) is 2.29. The number of fused-ring (bicyclic) bond motifs is 1. The summed E-state index contributed by atoms with van der Waals surface area (Å²) in [6, 6.07) is 8.44. The summed E-state index contributed by atoms with van der Waals surface area (Å²) < 4.78 is 0. The van der Waals surface area contributed by atoms with E-state index in [2.05, 4.69) is 34.5 Å².